The van der Waals surface area contributed by atoms with Gasteiger partial charge < -0.3 is 19.7 Å². The number of nitrogens with zero attached hydrogens (tertiary/aromatic N) is 2. The van der Waals surface area contributed by atoms with Gasteiger partial charge in [-0.2, -0.15) is 0 Å². The van der Waals surface area contributed by atoms with Gasteiger partial charge >= 0.3 is 12.1 Å². The molecule has 3 rings (SSSR count). The number of hydrogen-bond acceptors (Lipinski definition) is 5. The number of ether oxygens (including phenoxy) is 2. The van der Waals surface area contributed by atoms with Crippen LogP contribution in [0.2, 0.25) is 25.7 Å². The Hall–Kier alpha value is -1.61. The Morgan fingerprint density at radius 1 is 1.12 bits per heavy atom. The Kier molecular flexibility index (Phi) is 7.29. The van der Waals surface area contributed by atoms with Gasteiger partial charge in [-0.15, -0.1) is 0 Å². The number of alkyl carbamates (subject to hydrolysis) is 1. The van der Waals surface area contributed by atoms with Crippen molar-refractivity contribution in [1.82, 2.24) is 15.1 Å². The van der Waals surface area contributed by atoms with E-state index in [2.05, 4.69) is 25.0 Å². The highest BCUT2D eigenvalue weighted by Gasteiger charge is 2.64. The van der Waals surface area contributed by atoms with Crippen molar-refractivity contribution in [1.29, 1.82) is 0 Å². The van der Waals surface area contributed by atoms with E-state index in [1.54, 1.807) is 0 Å². The first-order valence-corrected chi connectivity index (χ1v) is 15.7. The quantitative estimate of drug-likeness (QED) is 0.329. The molecule has 1 saturated heterocycles. The number of amides is 4. The van der Waals surface area contributed by atoms with Crippen LogP contribution in [0.5, 0.6) is 0 Å². The van der Waals surface area contributed by atoms with Crippen molar-refractivity contribution in [2.24, 2.45) is 5.92 Å². The average Bonchev–Trinajstić information content (AvgIpc) is 3.42. The average molecular weight is 468 g/mol. The van der Waals surface area contributed by atoms with Gasteiger partial charge in [0.15, 0.2) is 0 Å². The summed E-state index contributed by atoms with van der Waals surface area (Å²) in [6.07, 6.45) is 4.68. The second-order valence-electron chi connectivity index (χ2n) is 11.9. The molecule has 182 valence electrons. The lowest BCUT2D eigenvalue weighted by molar-refractivity contribution is -0.132. The summed E-state index contributed by atoms with van der Waals surface area (Å²) in [6, 6.07) is 0.913. The van der Waals surface area contributed by atoms with Gasteiger partial charge in [0.1, 0.15) is 17.9 Å². The molecule has 2 saturated carbocycles. The number of carbonyl (C=O) groups is 3. The third-order valence-corrected chi connectivity index (χ3v) is 8.27. The lowest BCUT2D eigenvalue weighted by atomic mass is 9.85. The summed E-state index contributed by atoms with van der Waals surface area (Å²) in [5.41, 5.74) is -1.13. The van der Waals surface area contributed by atoms with Crippen LogP contribution in [0.15, 0.2) is 0 Å². The van der Waals surface area contributed by atoms with Crippen molar-refractivity contribution < 1.29 is 23.9 Å². The summed E-state index contributed by atoms with van der Waals surface area (Å²) in [4.78, 5) is 41.2. The molecular weight excluding hydrogens is 426 g/mol. The predicted octanol–water partition coefficient (Wildman–Crippen LogP) is 4.18. The zero-order valence-corrected chi connectivity index (χ0v) is 21.7. The maximum atomic E-state index is 13.1. The Morgan fingerprint density at radius 3 is 2.28 bits per heavy atom. The molecule has 0 unspecified atom stereocenters. The van der Waals surface area contributed by atoms with E-state index in [0.29, 0.717) is 19.1 Å². The van der Waals surface area contributed by atoms with Crippen LogP contribution in [-0.4, -0.2) is 73.0 Å². The van der Waals surface area contributed by atoms with Gasteiger partial charge in [-0.1, -0.05) is 19.6 Å². The summed E-state index contributed by atoms with van der Waals surface area (Å²) in [5, 5.41) is 2.96. The molecule has 1 N–H and O–H groups in total. The van der Waals surface area contributed by atoms with Gasteiger partial charge in [0.25, 0.3) is 5.91 Å². The lowest BCUT2D eigenvalue weighted by Crippen LogP contribution is -2.44. The van der Waals surface area contributed by atoms with E-state index in [0.717, 1.165) is 44.6 Å². The fourth-order valence-corrected chi connectivity index (χ4v) is 5.26. The zero-order valence-electron chi connectivity index (χ0n) is 20.7. The topological polar surface area (TPSA) is 88.2 Å². The molecule has 0 radical (unpaired) electrons. The maximum absolute atomic E-state index is 13.1. The van der Waals surface area contributed by atoms with Crippen LogP contribution in [0.25, 0.3) is 0 Å². The molecule has 0 aromatic carbocycles. The van der Waals surface area contributed by atoms with Crippen molar-refractivity contribution in [3.05, 3.63) is 0 Å². The molecule has 0 aromatic rings. The molecular formula is C23H41N3O5Si. The smallest absolute Gasteiger partial charge is 0.407 e. The van der Waals surface area contributed by atoms with Crippen molar-refractivity contribution in [2.75, 3.05) is 19.9 Å². The van der Waals surface area contributed by atoms with E-state index >= 15 is 0 Å². The van der Waals surface area contributed by atoms with Crippen molar-refractivity contribution in [3.63, 3.8) is 0 Å². The first-order chi connectivity index (χ1) is 14.8. The SMILES string of the molecule is CC(C)(C)OC(=O)NC1CCC(CN2C(=O)N(COCC[Si](C)(C)C)C(=O)C23CC3)CC1. The Labute approximate surface area is 193 Å². The number of nitrogens with one attached hydrogen (secondary N) is 1. The molecule has 0 bridgehead atoms. The summed E-state index contributed by atoms with van der Waals surface area (Å²) in [6.45, 7) is 13.7. The van der Waals surface area contributed by atoms with Gasteiger partial charge in [-0.25, -0.2) is 14.5 Å². The van der Waals surface area contributed by atoms with Crippen LogP contribution in [0, 0.1) is 5.92 Å². The minimum absolute atomic E-state index is 0.0624. The minimum atomic E-state index is -1.21. The van der Waals surface area contributed by atoms with Crippen LogP contribution < -0.4 is 5.32 Å². The van der Waals surface area contributed by atoms with Crippen molar-refractivity contribution in [2.45, 2.75) is 102 Å². The second-order valence-corrected chi connectivity index (χ2v) is 17.5. The molecule has 8 nitrogen and oxygen atoms in total. The predicted molar refractivity (Wildman–Crippen MR) is 125 cm³/mol. The Morgan fingerprint density at radius 2 is 1.75 bits per heavy atom. The highest BCUT2D eigenvalue weighted by Crippen LogP contribution is 2.48. The molecule has 1 aliphatic heterocycles. The van der Waals surface area contributed by atoms with Gasteiger partial charge in [0, 0.05) is 27.3 Å². The third-order valence-electron chi connectivity index (χ3n) is 6.57. The largest absolute Gasteiger partial charge is 0.444 e. The number of rotatable bonds is 8. The van der Waals surface area contributed by atoms with Crippen LogP contribution in [0.3, 0.4) is 0 Å². The Balaban J connectivity index is 1.47. The summed E-state index contributed by atoms with van der Waals surface area (Å²) >= 11 is 0. The Bertz CT molecular complexity index is 718. The van der Waals surface area contributed by atoms with E-state index in [9.17, 15) is 14.4 Å². The van der Waals surface area contributed by atoms with Crippen molar-refractivity contribution >= 4 is 26.1 Å². The lowest BCUT2D eigenvalue weighted by Gasteiger charge is -2.33. The molecule has 1 heterocycles. The van der Waals surface area contributed by atoms with Crippen LogP contribution in [0.1, 0.15) is 59.3 Å². The number of hydrogen-bond donors (Lipinski definition) is 1. The van der Waals surface area contributed by atoms with Crippen LogP contribution >= 0.6 is 0 Å². The molecule has 1 spiro atoms. The number of carbonyl (C=O) groups excluding carboxylic acids is 3. The molecule has 3 fully saturated rings. The van der Waals surface area contributed by atoms with E-state index in [-0.39, 0.29) is 30.8 Å². The first kappa shape index (κ1) is 25.0. The molecule has 32 heavy (non-hydrogen) atoms. The minimum Gasteiger partial charge on any atom is -0.444 e. The van der Waals surface area contributed by atoms with Crippen LogP contribution in [-0.2, 0) is 14.3 Å². The van der Waals surface area contributed by atoms with E-state index in [1.807, 2.05) is 25.7 Å². The molecule has 4 amide bonds. The molecule has 3 aliphatic rings. The summed E-state index contributed by atoms with van der Waals surface area (Å²) < 4.78 is 11.1. The first-order valence-electron chi connectivity index (χ1n) is 12.0. The monoisotopic (exact) mass is 467 g/mol. The normalized spacial score (nSPS) is 25.4. The van der Waals surface area contributed by atoms with Crippen LogP contribution in [0.4, 0.5) is 9.59 Å². The van der Waals surface area contributed by atoms with Crippen molar-refractivity contribution in [3.8, 4) is 0 Å². The van der Waals surface area contributed by atoms with Gasteiger partial charge in [0.05, 0.1) is 0 Å². The molecule has 0 aromatic heterocycles. The summed E-state index contributed by atoms with van der Waals surface area (Å²) in [7, 11) is -1.21. The van der Waals surface area contributed by atoms with E-state index in [4.69, 9.17) is 9.47 Å². The highest BCUT2D eigenvalue weighted by molar-refractivity contribution is 6.76. The van der Waals surface area contributed by atoms with E-state index < -0.39 is 19.2 Å². The second kappa shape index (κ2) is 9.33. The molecule has 2 aliphatic carbocycles. The zero-order chi connectivity index (χ0) is 23.7. The third kappa shape index (κ3) is 6.25. The fraction of sp³-hybridized carbons (Fsp3) is 0.870. The van der Waals surface area contributed by atoms with Gasteiger partial charge in [-0.3, -0.25) is 4.79 Å². The number of imide groups is 1. The summed E-state index contributed by atoms with van der Waals surface area (Å²) in [5.74, 6) is 0.254. The molecule has 9 heteroatoms. The van der Waals surface area contributed by atoms with Gasteiger partial charge in [0.2, 0.25) is 0 Å². The fourth-order valence-electron chi connectivity index (χ4n) is 4.51. The van der Waals surface area contributed by atoms with E-state index in [1.165, 1.54) is 4.90 Å². The molecule has 0 atom stereocenters. The maximum Gasteiger partial charge on any atom is 0.407 e. The highest BCUT2D eigenvalue weighted by atomic mass is 28.3. The standard InChI is InChI=1S/C23H41N3O5Si/c1-22(2,3)31-20(28)24-18-9-7-17(8-10-18)15-26-21(29)25(19(27)23(26)11-12-23)16-30-13-14-32(4,5)6/h17-18H,7-16H2,1-6H3,(H,24,28). The number of urea groups is 1. The van der Waals surface area contributed by atoms with Gasteiger partial charge in [-0.05, 0) is 71.3 Å².